The molecule has 2 fully saturated rings. The number of nitrogens with zero attached hydrogens (tertiary/aromatic N) is 3. The molecule has 2 heterocycles. The average Bonchev–Trinajstić information content (AvgIpc) is 2.81. The molecule has 0 aromatic heterocycles. The fourth-order valence-electron chi connectivity index (χ4n) is 4.27. The first kappa shape index (κ1) is 20.5. The van der Waals surface area contributed by atoms with Crippen molar-refractivity contribution in [3.05, 3.63) is 48.5 Å². The predicted molar refractivity (Wildman–Crippen MR) is 123 cm³/mol. The van der Waals surface area contributed by atoms with Crippen LogP contribution in [-0.2, 0) is 4.79 Å². The monoisotopic (exact) mass is 408 g/mol. The highest BCUT2D eigenvalue weighted by molar-refractivity contribution is 5.92. The van der Waals surface area contributed by atoms with Gasteiger partial charge in [-0.2, -0.15) is 0 Å². The van der Waals surface area contributed by atoms with Crippen molar-refractivity contribution in [1.82, 2.24) is 4.90 Å². The second-order valence-electron chi connectivity index (χ2n) is 8.10. The molecule has 4 rings (SSSR count). The second-order valence-corrected chi connectivity index (χ2v) is 8.10. The second kappa shape index (κ2) is 9.85. The number of benzene rings is 2. The molecule has 0 atom stereocenters. The highest BCUT2D eigenvalue weighted by atomic mass is 16.5. The lowest BCUT2D eigenvalue weighted by Crippen LogP contribution is -2.48. The number of methoxy groups -OCH3 is 1. The van der Waals surface area contributed by atoms with Crippen molar-refractivity contribution >= 4 is 23.0 Å². The summed E-state index contributed by atoms with van der Waals surface area (Å²) in [5.74, 6) is 0.927. The Kier molecular flexibility index (Phi) is 6.74. The number of piperidine rings is 1. The molecule has 2 aromatic carbocycles. The molecule has 0 unspecified atom stereocenters. The molecule has 2 saturated heterocycles. The van der Waals surface area contributed by atoms with E-state index in [4.69, 9.17) is 4.74 Å². The van der Waals surface area contributed by atoms with Crippen LogP contribution in [-0.4, -0.2) is 63.7 Å². The standard InChI is InChI=1S/C24H32N4O2/c1-30-23-11-9-22(10-12-23)28-17-15-26(16-18-28)19-24(29)25-20-5-7-21(8-6-20)27-13-3-2-4-14-27/h5-12H,2-4,13-19H2,1H3,(H,25,29). The van der Waals surface area contributed by atoms with E-state index in [2.05, 4.69) is 44.3 Å². The summed E-state index contributed by atoms with van der Waals surface area (Å²) in [7, 11) is 1.68. The Hall–Kier alpha value is -2.73. The fourth-order valence-corrected chi connectivity index (χ4v) is 4.27. The van der Waals surface area contributed by atoms with Crippen molar-refractivity contribution in [2.45, 2.75) is 19.3 Å². The zero-order valence-electron chi connectivity index (χ0n) is 17.8. The Morgan fingerprint density at radius 1 is 0.800 bits per heavy atom. The maximum atomic E-state index is 12.5. The van der Waals surface area contributed by atoms with Gasteiger partial charge in [0.05, 0.1) is 13.7 Å². The average molecular weight is 409 g/mol. The lowest BCUT2D eigenvalue weighted by Gasteiger charge is -2.35. The van der Waals surface area contributed by atoms with Crippen LogP contribution in [0, 0.1) is 0 Å². The summed E-state index contributed by atoms with van der Waals surface area (Å²) in [6.07, 6.45) is 3.87. The van der Waals surface area contributed by atoms with Crippen LogP contribution in [0.1, 0.15) is 19.3 Å². The van der Waals surface area contributed by atoms with Crippen LogP contribution in [0.15, 0.2) is 48.5 Å². The van der Waals surface area contributed by atoms with Gasteiger partial charge in [0.1, 0.15) is 5.75 Å². The van der Waals surface area contributed by atoms with E-state index in [1.807, 2.05) is 24.3 Å². The molecular formula is C24H32N4O2. The maximum absolute atomic E-state index is 12.5. The number of amides is 1. The van der Waals surface area contributed by atoms with E-state index in [0.29, 0.717) is 6.54 Å². The molecule has 0 saturated carbocycles. The van der Waals surface area contributed by atoms with Crippen molar-refractivity contribution in [3.8, 4) is 5.75 Å². The molecule has 30 heavy (non-hydrogen) atoms. The highest BCUT2D eigenvalue weighted by Gasteiger charge is 2.19. The van der Waals surface area contributed by atoms with E-state index in [9.17, 15) is 4.79 Å². The summed E-state index contributed by atoms with van der Waals surface area (Å²) in [5.41, 5.74) is 3.33. The van der Waals surface area contributed by atoms with Crippen molar-refractivity contribution in [1.29, 1.82) is 0 Å². The van der Waals surface area contributed by atoms with Gasteiger partial charge in [-0.1, -0.05) is 0 Å². The molecule has 6 nitrogen and oxygen atoms in total. The number of rotatable bonds is 6. The van der Waals surface area contributed by atoms with Crippen LogP contribution in [0.4, 0.5) is 17.1 Å². The first-order valence-corrected chi connectivity index (χ1v) is 11.0. The normalized spacial score (nSPS) is 17.6. The van der Waals surface area contributed by atoms with Gasteiger partial charge in [0, 0.05) is 56.3 Å². The molecule has 2 aromatic rings. The summed E-state index contributed by atoms with van der Waals surface area (Å²) in [6, 6.07) is 16.4. The van der Waals surface area contributed by atoms with E-state index < -0.39 is 0 Å². The summed E-state index contributed by atoms with van der Waals surface area (Å²) in [4.78, 5) is 19.5. The number of piperazine rings is 1. The van der Waals surface area contributed by atoms with E-state index in [1.165, 1.54) is 30.6 Å². The third-order valence-corrected chi connectivity index (χ3v) is 6.05. The van der Waals surface area contributed by atoms with Gasteiger partial charge in [0.2, 0.25) is 5.91 Å². The van der Waals surface area contributed by atoms with Gasteiger partial charge in [-0.3, -0.25) is 9.69 Å². The Morgan fingerprint density at radius 3 is 1.97 bits per heavy atom. The Morgan fingerprint density at radius 2 is 1.37 bits per heavy atom. The van der Waals surface area contributed by atoms with E-state index >= 15 is 0 Å². The first-order chi connectivity index (χ1) is 14.7. The molecule has 0 radical (unpaired) electrons. The van der Waals surface area contributed by atoms with Crippen LogP contribution < -0.4 is 19.9 Å². The number of anilines is 3. The lowest BCUT2D eigenvalue weighted by molar-refractivity contribution is -0.117. The minimum absolute atomic E-state index is 0.0543. The fraction of sp³-hybridized carbons (Fsp3) is 0.458. The first-order valence-electron chi connectivity index (χ1n) is 11.0. The molecule has 160 valence electrons. The van der Waals surface area contributed by atoms with E-state index in [0.717, 1.165) is 50.7 Å². The number of ether oxygens (including phenoxy) is 1. The quantitative estimate of drug-likeness (QED) is 0.793. The van der Waals surface area contributed by atoms with Crippen molar-refractivity contribution in [3.63, 3.8) is 0 Å². The number of hydrogen-bond acceptors (Lipinski definition) is 5. The van der Waals surface area contributed by atoms with Crippen molar-refractivity contribution < 1.29 is 9.53 Å². The minimum Gasteiger partial charge on any atom is -0.497 e. The maximum Gasteiger partial charge on any atom is 0.238 e. The van der Waals surface area contributed by atoms with Crippen LogP contribution in [0.3, 0.4) is 0 Å². The third-order valence-electron chi connectivity index (χ3n) is 6.05. The topological polar surface area (TPSA) is 48.1 Å². The summed E-state index contributed by atoms with van der Waals surface area (Å²) in [6.45, 7) is 6.31. The number of hydrogen-bond donors (Lipinski definition) is 1. The van der Waals surface area contributed by atoms with E-state index in [-0.39, 0.29) is 5.91 Å². The van der Waals surface area contributed by atoms with Crippen LogP contribution in [0.5, 0.6) is 5.75 Å². The van der Waals surface area contributed by atoms with Gasteiger partial charge in [0.15, 0.2) is 0 Å². The molecule has 2 aliphatic rings. The van der Waals surface area contributed by atoms with E-state index in [1.54, 1.807) is 7.11 Å². The van der Waals surface area contributed by atoms with Crippen molar-refractivity contribution in [2.24, 2.45) is 0 Å². The smallest absolute Gasteiger partial charge is 0.238 e. The van der Waals surface area contributed by atoms with Gasteiger partial charge in [-0.05, 0) is 67.8 Å². The van der Waals surface area contributed by atoms with Gasteiger partial charge in [-0.25, -0.2) is 0 Å². The third kappa shape index (κ3) is 5.25. The van der Waals surface area contributed by atoms with Gasteiger partial charge >= 0.3 is 0 Å². The largest absolute Gasteiger partial charge is 0.497 e. The molecule has 0 bridgehead atoms. The summed E-state index contributed by atoms with van der Waals surface area (Å²) >= 11 is 0. The molecule has 0 spiro atoms. The molecule has 6 heteroatoms. The SMILES string of the molecule is COc1ccc(N2CCN(CC(=O)Nc3ccc(N4CCCCC4)cc3)CC2)cc1. The molecule has 0 aliphatic carbocycles. The summed E-state index contributed by atoms with van der Waals surface area (Å²) in [5, 5.41) is 3.05. The van der Waals surface area contributed by atoms with Crippen LogP contribution in [0.2, 0.25) is 0 Å². The zero-order chi connectivity index (χ0) is 20.8. The molecule has 1 amide bonds. The molecule has 2 aliphatic heterocycles. The summed E-state index contributed by atoms with van der Waals surface area (Å²) < 4.78 is 5.23. The molecule has 1 N–H and O–H groups in total. The Balaban J connectivity index is 1.22. The number of nitrogens with one attached hydrogen (secondary N) is 1. The Bertz CT molecular complexity index is 808. The van der Waals surface area contributed by atoms with Crippen LogP contribution >= 0.6 is 0 Å². The van der Waals surface area contributed by atoms with Crippen LogP contribution in [0.25, 0.3) is 0 Å². The van der Waals surface area contributed by atoms with Crippen molar-refractivity contribution in [2.75, 3.05) is 68.0 Å². The predicted octanol–water partition coefficient (Wildman–Crippen LogP) is 3.45. The minimum atomic E-state index is 0.0543. The molecular weight excluding hydrogens is 376 g/mol. The lowest BCUT2D eigenvalue weighted by atomic mass is 10.1. The zero-order valence-corrected chi connectivity index (χ0v) is 17.8. The van der Waals surface area contributed by atoms with Gasteiger partial charge < -0.3 is 19.9 Å². The van der Waals surface area contributed by atoms with Gasteiger partial charge in [-0.15, -0.1) is 0 Å². The van der Waals surface area contributed by atoms with Gasteiger partial charge in [0.25, 0.3) is 0 Å². The number of carbonyl (C=O) groups excluding carboxylic acids is 1. The Labute approximate surface area is 179 Å². The number of carbonyl (C=O) groups is 1. The highest BCUT2D eigenvalue weighted by Crippen LogP contribution is 2.22.